The summed E-state index contributed by atoms with van der Waals surface area (Å²) in [7, 11) is -3.52. The van der Waals surface area contributed by atoms with Gasteiger partial charge in [0.25, 0.3) is 10.0 Å². The van der Waals surface area contributed by atoms with Crippen LogP contribution in [0, 0.1) is 0 Å². The highest BCUT2D eigenvalue weighted by atomic mass is 32.2. The fourth-order valence-corrected chi connectivity index (χ4v) is 4.51. The van der Waals surface area contributed by atoms with Crippen LogP contribution in [0.3, 0.4) is 0 Å². The molecule has 1 saturated heterocycles. The van der Waals surface area contributed by atoms with Crippen molar-refractivity contribution >= 4 is 27.3 Å². The normalized spacial score (nSPS) is 21.8. The summed E-state index contributed by atoms with van der Waals surface area (Å²) in [6, 6.07) is 1.20. The van der Waals surface area contributed by atoms with Crippen LogP contribution in [0.5, 0.6) is 0 Å². The molecule has 0 radical (unpaired) electrons. The van der Waals surface area contributed by atoms with E-state index in [0.29, 0.717) is 19.5 Å². The maximum absolute atomic E-state index is 12.1. The molecule has 2 rings (SSSR count). The predicted molar refractivity (Wildman–Crippen MR) is 64.2 cm³/mol. The van der Waals surface area contributed by atoms with Crippen LogP contribution in [0.1, 0.15) is 16.8 Å². The Kier molecular flexibility index (Phi) is 3.21. The molecular weight excluding hydrogens is 262 g/mol. The highest BCUT2D eigenvalue weighted by Crippen LogP contribution is 2.26. The minimum absolute atomic E-state index is 0.111. The largest absolute Gasteiger partial charge is 0.366 e. The van der Waals surface area contributed by atoms with Crippen molar-refractivity contribution in [2.24, 2.45) is 11.5 Å². The molecule has 2 heterocycles. The molecule has 94 valence electrons. The van der Waals surface area contributed by atoms with E-state index in [1.165, 1.54) is 15.8 Å². The van der Waals surface area contributed by atoms with Crippen molar-refractivity contribution in [1.82, 2.24) is 4.31 Å². The van der Waals surface area contributed by atoms with Crippen molar-refractivity contribution in [3.8, 4) is 0 Å². The van der Waals surface area contributed by atoms with Crippen LogP contribution in [-0.4, -0.2) is 37.8 Å². The molecule has 1 atom stereocenters. The predicted octanol–water partition coefficient (Wildman–Crippen LogP) is -0.431. The number of hydrogen-bond acceptors (Lipinski definition) is 5. The molecule has 0 saturated carbocycles. The Morgan fingerprint density at radius 1 is 1.53 bits per heavy atom. The van der Waals surface area contributed by atoms with Gasteiger partial charge in [-0.05, 0) is 12.5 Å². The van der Waals surface area contributed by atoms with E-state index < -0.39 is 15.9 Å². The van der Waals surface area contributed by atoms with Gasteiger partial charge >= 0.3 is 0 Å². The zero-order valence-electron chi connectivity index (χ0n) is 9.00. The third kappa shape index (κ3) is 2.34. The van der Waals surface area contributed by atoms with Crippen LogP contribution in [-0.2, 0) is 10.0 Å². The number of thiophene rings is 1. The molecule has 0 spiro atoms. The molecule has 1 aromatic rings. The van der Waals surface area contributed by atoms with E-state index in [2.05, 4.69) is 0 Å². The standard InChI is InChI=1S/C9H13N3O3S2/c10-7-1-2-12(4-7)17(14,15)8-3-6(5-16-8)9(11)13/h3,5,7H,1-2,4,10H2,(H2,11,13)/t7-/m1/s1. The van der Waals surface area contributed by atoms with Gasteiger partial charge in [-0.15, -0.1) is 11.3 Å². The van der Waals surface area contributed by atoms with Crippen molar-refractivity contribution in [3.05, 3.63) is 17.0 Å². The topological polar surface area (TPSA) is 106 Å². The van der Waals surface area contributed by atoms with Gasteiger partial charge in [-0.25, -0.2) is 8.42 Å². The lowest BCUT2D eigenvalue weighted by molar-refractivity contribution is 0.100. The van der Waals surface area contributed by atoms with E-state index in [4.69, 9.17) is 11.5 Å². The first-order chi connectivity index (χ1) is 7.91. The van der Waals surface area contributed by atoms with Gasteiger partial charge in [0, 0.05) is 24.5 Å². The number of amides is 1. The van der Waals surface area contributed by atoms with Gasteiger partial charge < -0.3 is 11.5 Å². The van der Waals surface area contributed by atoms with Crippen molar-refractivity contribution < 1.29 is 13.2 Å². The minimum atomic E-state index is -3.52. The monoisotopic (exact) mass is 275 g/mol. The Hall–Kier alpha value is -0.960. The molecule has 6 nitrogen and oxygen atoms in total. The molecule has 1 aromatic heterocycles. The van der Waals surface area contributed by atoms with Crippen LogP contribution in [0.25, 0.3) is 0 Å². The number of primary amides is 1. The molecule has 1 amide bonds. The Balaban J connectivity index is 2.28. The zero-order chi connectivity index (χ0) is 12.6. The SMILES string of the molecule is NC(=O)c1csc(S(=O)(=O)N2CC[C@@H](N)C2)c1. The molecule has 4 N–H and O–H groups in total. The van der Waals surface area contributed by atoms with Crippen LogP contribution < -0.4 is 11.5 Å². The van der Waals surface area contributed by atoms with Crippen molar-refractivity contribution in [2.45, 2.75) is 16.7 Å². The van der Waals surface area contributed by atoms with Gasteiger partial charge in [-0.2, -0.15) is 4.31 Å². The van der Waals surface area contributed by atoms with Gasteiger partial charge in [-0.1, -0.05) is 0 Å². The van der Waals surface area contributed by atoms with E-state index in [1.807, 2.05) is 0 Å². The lowest BCUT2D eigenvalue weighted by atomic mass is 10.3. The molecule has 8 heteroatoms. The first kappa shape index (κ1) is 12.5. The summed E-state index contributed by atoms with van der Waals surface area (Å²) >= 11 is 1.00. The van der Waals surface area contributed by atoms with Gasteiger partial charge in [-0.3, -0.25) is 4.79 Å². The van der Waals surface area contributed by atoms with Crippen molar-refractivity contribution in [2.75, 3.05) is 13.1 Å². The molecule has 0 bridgehead atoms. The van der Waals surface area contributed by atoms with Gasteiger partial charge in [0.1, 0.15) is 4.21 Å². The van der Waals surface area contributed by atoms with E-state index in [1.54, 1.807) is 0 Å². The fraction of sp³-hybridized carbons (Fsp3) is 0.444. The Morgan fingerprint density at radius 3 is 2.71 bits per heavy atom. The highest BCUT2D eigenvalue weighted by Gasteiger charge is 2.32. The number of hydrogen-bond donors (Lipinski definition) is 2. The number of rotatable bonds is 3. The molecule has 17 heavy (non-hydrogen) atoms. The van der Waals surface area contributed by atoms with Crippen LogP contribution in [0.15, 0.2) is 15.7 Å². The number of sulfonamides is 1. The first-order valence-corrected chi connectivity index (χ1v) is 7.37. The summed E-state index contributed by atoms with van der Waals surface area (Å²) in [6.45, 7) is 0.749. The lowest BCUT2D eigenvalue weighted by Gasteiger charge is -2.13. The summed E-state index contributed by atoms with van der Waals surface area (Å²) in [5, 5.41) is 1.45. The van der Waals surface area contributed by atoms with Crippen molar-refractivity contribution in [3.63, 3.8) is 0 Å². The summed E-state index contributed by atoms with van der Waals surface area (Å²) in [4.78, 5) is 10.9. The molecule has 0 unspecified atom stereocenters. The summed E-state index contributed by atoms with van der Waals surface area (Å²) < 4.78 is 25.8. The number of carbonyl (C=O) groups excluding carboxylic acids is 1. The van der Waals surface area contributed by atoms with Gasteiger partial charge in [0.15, 0.2) is 0 Å². The van der Waals surface area contributed by atoms with Crippen molar-refractivity contribution in [1.29, 1.82) is 0 Å². The summed E-state index contributed by atoms with van der Waals surface area (Å²) in [5.41, 5.74) is 11.0. The third-order valence-electron chi connectivity index (χ3n) is 2.64. The van der Waals surface area contributed by atoms with Crippen LogP contribution in [0.4, 0.5) is 0 Å². The minimum Gasteiger partial charge on any atom is -0.366 e. The molecule has 1 fully saturated rings. The maximum Gasteiger partial charge on any atom is 0.252 e. The molecule has 1 aliphatic rings. The average Bonchev–Trinajstić information content (AvgIpc) is 2.85. The quantitative estimate of drug-likeness (QED) is 0.780. The first-order valence-electron chi connectivity index (χ1n) is 5.05. The number of nitrogens with two attached hydrogens (primary N) is 2. The maximum atomic E-state index is 12.1. The summed E-state index contributed by atoms with van der Waals surface area (Å²) in [5.74, 6) is -0.624. The Bertz CT molecular complexity index is 537. The highest BCUT2D eigenvalue weighted by molar-refractivity contribution is 7.91. The molecule has 1 aliphatic heterocycles. The third-order valence-corrected chi connectivity index (χ3v) is 5.92. The van der Waals surface area contributed by atoms with Crippen LogP contribution >= 0.6 is 11.3 Å². The van der Waals surface area contributed by atoms with E-state index in [9.17, 15) is 13.2 Å². The second-order valence-corrected chi connectivity index (χ2v) is 7.01. The fourth-order valence-electron chi connectivity index (χ4n) is 1.68. The van der Waals surface area contributed by atoms with E-state index in [0.717, 1.165) is 11.3 Å². The number of nitrogens with zero attached hydrogens (tertiary/aromatic N) is 1. The molecule has 0 aromatic carbocycles. The lowest BCUT2D eigenvalue weighted by Crippen LogP contribution is -2.31. The molecular formula is C9H13N3O3S2. The zero-order valence-corrected chi connectivity index (χ0v) is 10.6. The summed E-state index contributed by atoms with van der Waals surface area (Å²) in [6.07, 6.45) is 0.660. The second-order valence-electron chi connectivity index (χ2n) is 3.93. The smallest absolute Gasteiger partial charge is 0.252 e. The van der Waals surface area contributed by atoms with Gasteiger partial charge in [0.2, 0.25) is 5.91 Å². The molecule has 0 aliphatic carbocycles. The Labute approximate surface area is 103 Å². The van der Waals surface area contributed by atoms with Gasteiger partial charge in [0.05, 0.1) is 5.56 Å². The van der Waals surface area contributed by atoms with Crippen LogP contribution in [0.2, 0.25) is 0 Å². The van der Waals surface area contributed by atoms with E-state index in [-0.39, 0.29) is 15.8 Å². The van der Waals surface area contributed by atoms with E-state index >= 15 is 0 Å². The second kappa shape index (κ2) is 4.37. The average molecular weight is 275 g/mol. The Morgan fingerprint density at radius 2 is 2.24 bits per heavy atom. The number of carbonyl (C=O) groups is 1.